The molecule has 0 bridgehead atoms. The van der Waals surface area contributed by atoms with Gasteiger partial charge in [0, 0.05) is 32.5 Å². The topological polar surface area (TPSA) is 88.8 Å². The quantitative estimate of drug-likeness (QED) is 0.710. The van der Waals surface area contributed by atoms with E-state index in [-0.39, 0.29) is 5.69 Å². The van der Waals surface area contributed by atoms with Gasteiger partial charge in [0.25, 0.3) is 5.91 Å². The van der Waals surface area contributed by atoms with E-state index in [4.69, 9.17) is 0 Å². The Hall–Kier alpha value is -3.69. The molecule has 3 aromatic heterocycles. The molecule has 0 aliphatic carbocycles. The molecule has 8 nitrogen and oxygen atoms in total. The van der Waals surface area contributed by atoms with Crippen molar-refractivity contribution in [2.24, 2.45) is 7.05 Å². The Bertz CT molecular complexity index is 1110. The summed E-state index contributed by atoms with van der Waals surface area (Å²) in [5, 5.41) is 6.47. The molecule has 30 heavy (non-hydrogen) atoms. The lowest BCUT2D eigenvalue weighted by Gasteiger charge is -2.29. The molecule has 4 heterocycles. The smallest absolute Gasteiger partial charge is 0.276 e. The molecule has 154 valence electrons. The fourth-order valence-corrected chi connectivity index (χ4v) is 3.35. The van der Waals surface area contributed by atoms with Crippen molar-refractivity contribution < 1.29 is 13.6 Å². The number of hydrogen-bond donors (Lipinski definition) is 1. The van der Waals surface area contributed by atoms with Gasteiger partial charge in [0.05, 0.1) is 18.1 Å². The zero-order chi connectivity index (χ0) is 21.3. The standard InChI is InChI=1S/C20H19F2N7O/c1-12-4-7-29(20-24-5-3-6-25-20)11-13(12)17-8-16(27-28(17)2)19(30)26-18-14(21)9-23-10-15(18)22/h3,5-6,8-10H,4,7,11H2,1-2H3,(H,23,26,30). The highest BCUT2D eigenvalue weighted by molar-refractivity contribution is 6.03. The number of nitrogens with one attached hydrogen (secondary N) is 1. The third kappa shape index (κ3) is 3.76. The Morgan fingerprint density at radius 1 is 1.17 bits per heavy atom. The van der Waals surface area contributed by atoms with E-state index in [1.54, 1.807) is 36.3 Å². The van der Waals surface area contributed by atoms with Gasteiger partial charge in [-0.25, -0.2) is 18.7 Å². The van der Waals surface area contributed by atoms with Crippen LogP contribution in [0.3, 0.4) is 0 Å². The maximum absolute atomic E-state index is 13.8. The van der Waals surface area contributed by atoms with E-state index in [0.29, 0.717) is 12.5 Å². The predicted octanol–water partition coefficient (Wildman–Crippen LogP) is 2.82. The lowest BCUT2D eigenvalue weighted by molar-refractivity contribution is 0.102. The normalized spacial score (nSPS) is 14.2. The second-order valence-corrected chi connectivity index (χ2v) is 6.95. The molecule has 0 spiro atoms. The van der Waals surface area contributed by atoms with Crippen LogP contribution >= 0.6 is 0 Å². The second-order valence-electron chi connectivity index (χ2n) is 6.95. The van der Waals surface area contributed by atoms with Crippen LogP contribution in [0.2, 0.25) is 0 Å². The Morgan fingerprint density at radius 2 is 1.87 bits per heavy atom. The number of hydrogen-bond acceptors (Lipinski definition) is 6. The first-order valence-corrected chi connectivity index (χ1v) is 9.29. The molecule has 0 aromatic carbocycles. The SMILES string of the molecule is CC1=C(c2cc(C(=O)Nc3c(F)cncc3F)nn2C)CN(c2ncccn2)CC1. The van der Waals surface area contributed by atoms with Crippen molar-refractivity contribution in [3.8, 4) is 0 Å². The first-order chi connectivity index (χ1) is 14.4. The van der Waals surface area contributed by atoms with Crippen LogP contribution in [0.1, 0.15) is 29.5 Å². The zero-order valence-corrected chi connectivity index (χ0v) is 16.4. The van der Waals surface area contributed by atoms with Crippen molar-refractivity contribution in [2.45, 2.75) is 13.3 Å². The van der Waals surface area contributed by atoms with E-state index in [1.807, 2.05) is 6.92 Å². The number of nitrogens with zero attached hydrogens (tertiary/aromatic N) is 6. The zero-order valence-electron chi connectivity index (χ0n) is 16.4. The van der Waals surface area contributed by atoms with E-state index in [0.717, 1.165) is 36.6 Å². The fraction of sp³-hybridized carbons (Fsp3) is 0.250. The van der Waals surface area contributed by atoms with Crippen LogP contribution in [0, 0.1) is 11.6 Å². The monoisotopic (exact) mass is 411 g/mol. The van der Waals surface area contributed by atoms with E-state index in [1.165, 1.54) is 5.57 Å². The molecule has 4 rings (SSSR count). The van der Waals surface area contributed by atoms with Gasteiger partial charge in [-0.2, -0.15) is 5.10 Å². The molecule has 0 saturated carbocycles. The first-order valence-electron chi connectivity index (χ1n) is 9.29. The summed E-state index contributed by atoms with van der Waals surface area (Å²) in [5.74, 6) is -1.99. The van der Waals surface area contributed by atoms with E-state index < -0.39 is 23.2 Å². The summed E-state index contributed by atoms with van der Waals surface area (Å²) in [6, 6.07) is 3.37. The minimum absolute atomic E-state index is 0.0523. The average molecular weight is 411 g/mol. The fourth-order valence-electron chi connectivity index (χ4n) is 3.35. The van der Waals surface area contributed by atoms with Gasteiger partial charge in [-0.3, -0.25) is 14.5 Å². The van der Waals surface area contributed by atoms with Crippen molar-refractivity contribution in [3.63, 3.8) is 0 Å². The summed E-state index contributed by atoms with van der Waals surface area (Å²) in [6.07, 6.45) is 5.86. The van der Waals surface area contributed by atoms with Gasteiger partial charge >= 0.3 is 0 Å². The van der Waals surface area contributed by atoms with Gasteiger partial charge in [0.15, 0.2) is 17.3 Å². The highest BCUT2D eigenvalue weighted by atomic mass is 19.1. The predicted molar refractivity (Wildman–Crippen MR) is 107 cm³/mol. The molecule has 1 aliphatic heterocycles. The van der Waals surface area contributed by atoms with Crippen molar-refractivity contribution in [3.05, 3.63) is 65.5 Å². The summed E-state index contributed by atoms with van der Waals surface area (Å²) < 4.78 is 29.2. The van der Waals surface area contributed by atoms with Gasteiger partial charge in [-0.15, -0.1) is 0 Å². The van der Waals surface area contributed by atoms with Gasteiger partial charge in [0.2, 0.25) is 5.95 Å². The molecule has 0 atom stereocenters. The highest BCUT2D eigenvalue weighted by Crippen LogP contribution is 2.28. The highest BCUT2D eigenvalue weighted by Gasteiger charge is 2.24. The number of halogens is 2. The maximum Gasteiger partial charge on any atom is 0.276 e. The lowest BCUT2D eigenvalue weighted by Crippen LogP contribution is -2.32. The number of anilines is 2. The molecule has 1 N–H and O–H groups in total. The summed E-state index contributed by atoms with van der Waals surface area (Å²) in [6.45, 7) is 3.38. The number of amides is 1. The van der Waals surface area contributed by atoms with Crippen molar-refractivity contribution in [2.75, 3.05) is 23.3 Å². The van der Waals surface area contributed by atoms with Crippen LogP contribution in [0.25, 0.3) is 5.57 Å². The minimum atomic E-state index is -0.955. The van der Waals surface area contributed by atoms with E-state index in [2.05, 4.69) is 30.3 Å². The number of aromatic nitrogens is 5. The molecule has 0 unspecified atom stereocenters. The van der Waals surface area contributed by atoms with Gasteiger partial charge in [0.1, 0.15) is 5.69 Å². The third-order valence-corrected chi connectivity index (χ3v) is 4.97. The Balaban J connectivity index is 1.59. The first kappa shape index (κ1) is 19.6. The van der Waals surface area contributed by atoms with Crippen molar-refractivity contribution >= 4 is 23.1 Å². The number of carbonyl (C=O) groups excluding carboxylic acids is 1. The lowest BCUT2D eigenvalue weighted by atomic mass is 9.98. The summed E-state index contributed by atoms with van der Waals surface area (Å²) in [5.41, 5.74) is 2.42. The Kier molecular flexibility index (Phi) is 5.21. The molecular weight excluding hydrogens is 392 g/mol. The second kappa shape index (κ2) is 7.97. The average Bonchev–Trinajstić information content (AvgIpc) is 3.13. The van der Waals surface area contributed by atoms with E-state index >= 15 is 0 Å². The van der Waals surface area contributed by atoms with Crippen LogP contribution in [0.4, 0.5) is 20.4 Å². The third-order valence-electron chi connectivity index (χ3n) is 4.97. The molecule has 0 saturated heterocycles. The van der Waals surface area contributed by atoms with Gasteiger partial charge in [-0.05, 0) is 31.1 Å². The summed E-state index contributed by atoms with van der Waals surface area (Å²) in [4.78, 5) is 26.6. The molecule has 1 amide bonds. The van der Waals surface area contributed by atoms with Crippen molar-refractivity contribution in [1.82, 2.24) is 24.7 Å². The minimum Gasteiger partial charge on any atom is -0.336 e. The van der Waals surface area contributed by atoms with Crippen LogP contribution in [-0.4, -0.2) is 43.7 Å². The Labute approximate surface area is 171 Å². The van der Waals surface area contributed by atoms with Crippen LogP contribution in [0.5, 0.6) is 0 Å². The molecule has 0 radical (unpaired) electrons. The number of pyridine rings is 1. The molecular formula is C20H19F2N7O. The summed E-state index contributed by atoms with van der Waals surface area (Å²) >= 11 is 0. The Morgan fingerprint density at radius 3 is 2.57 bits per heavy atom. The van der Waals surface area contributed by atoms with Crippen LogP contribution < -0.4 is 10.2 Å². The molecule has 0 fully saturated rings. The number of carbonyl (C=O) groups is 1. The number of rotatable bonds is 4. The molecule has 1 aliphatic rings. The van der Waals surface area contributed by atoms with Crippen LogP contribution in [-0.2, 0) is 7.05 Å². The molecule has 3 aromatic rings. The van der Waals surface area contributed by atoms with Crippen LogP contribution in [0.15, 0.2) is 42.5 Å². The van der Waals surface area contributed by atoms with Gasteiger partial charge in [-0.1, -0.05) is 5.57 Å². The maximum atomic E-state index is 13.8. The van der Waals surface area contributed by atoms with Gasteiger partial charge < -0.3 is 10.2 Å². The van der Waals surface area contributed by atoms with Crippen molar-refractivity contribution in [1.29, 1.82) is 0 Å². The summed E-state index contributed by atoms with van der Waals surface area (Å²) in [7, 11) is 1.72. The van der Waals surface area contributed by atoms with E-state index in [9.17, 15) is 13.6 Å². The molecule has 10 heteroatoms. The largest absolute Gasteiger partial charge is 0.336 e. The number of aryl methyl sites for hydroxylation is 1.